The zero-order chi connectivity index (χ0) is 13.9. The Hall–Kier alpha value is -0.680. The van der Waals surface area contributed by atoms with Gasteiger partial charge in [0.2, 0.25) is 0 Å². The highest BCUT2D eigenvalue weighted by Gasteiger charge is 2.13. The third-order valence-electron chi connectivity index (χ3n) is 3.75. The fraction of sp³-hybridized carbons (Fsp3) is 0.375. The average molecular weight is 351 g/mol. The van der Waals surface area contributed by atoms with E-state index >= 15 is 0 Å². The van der Waals surface area contributed by atoms with Crippen molar-refractivity contribution in [3.05, 3.63) is 55.7 Å². The summed E-state index contributed by atoms with van der Waals surface area (Å²) in [6.45, 7) is 4.15. The zero-order valence-corrected chi connectivity index (χ0v) is 14.1. The predicted octanol–water partition coefficient (Wildman–Crippen LogP) is 3.79. The van der Waals surface area contributed by atoms with E-state index in [0.717, 1.165) is 32.6 Å². The highest BCUT2D eigenvalue weighted by Crippen LogP contribution is 2.23. The van der Waals surface area contributed by atoms with Crippen molar-refractivity contribution >= 4 is 27.3 Å². The van der Waals surface area contributed by atoms with E-state index in [1.54, 1.807) is 16.9 Å². The van der Waals surface area contributed by atoms with Gasteiger partial charge >= 0.3 is 0 Å². The van der Waals surface area contributed by atoms with Crippen LogP contribution in [-0.4, -0.2) is 18.5 Å². The van der Waals surface area contributed by atoms with Crippen LogP contribution >= 0.6 is 27.3 Å². The molecule has 0 saturated carbocycles. The summed E-state index contributed by atoms with van der Waals surface area (Å²) < 4.78 is 1.21. The lowest BCUT2D eigenvalue weighted by atomic mass is 9.95. The molecule has 1 aliphatic heterocycles. The van der Waals surface area contributed by atoms with Crippen molar-refractivity contribution in [2.75, 3.05) is 13.6 Å². The molecule has 4 heteroatoms. The Labute approximate surface area is 132 Å². The maximum absolute atomic E-state index is 3.53. The van der Waals surface area contributed by atoms with E-state index in [1.165, 1.54) is 20.5 Å². The van der Waals surface area contributed by atoms with Gasteiger partial charge in [0.05, 0.1) is 3.79 Å². The molecule has 2 nitrogen and oxygen atoms in total. The molecule has 20 heavy (non-hydrogen) atoms. The molecule has 0 aliphatic carbocycles. The van der Waals surface area contributed by atoms with Gasteiger partial charge in [-0.3, -0.25) is 4.90 Å². The first-order chi connectivity index (χ1) is 9.72. The molecule has 0 atom stereocenters. The molecule has 1 N–H and O–H groups in total. The molecule has 0 saturated heterocycles. The van der Waals surface area contributed by atoms with Crippen LogP contribution in [0.4, 0.5) is 0 Å². The summed E-state index contributed by atoms with van der Waals surface area (Å²) in [7, 11) is 2.20. The van der Waals surface area contributed by atoms with Gasteiger partial charge in [-0.25, -0.2) is 0 Å². The van der Waals surface area contributed by atoms with Crippen LogP contribution in [0, 0.1) is 0 Å². The summed E-state index contributed by atoms with van der Waals surface area (Å²) in [6.07, 6.45) is 1.16. The van der Waals surface area contributed by atoms with Crippen molar-refractivity contribution in [3.8, 4) is 0 Å². The standard InChI is InChI=1S/C16H19BrN2S/c1-19(9-12-7-16(17)20-11-12)10-14-4-2-3-13-8-18-6-5-15(13)14/h2-4,7,11,18H,5-6,8-10H2,1H3. The van der Waals surface area contributed by atoms with Crippen LogP contribution in [0.5, 0.6) is 0 Å². The van der Waals surface area contributed by atoms with Crippen molar-refractivity contribution in [3.63, 3.8) is 0 Å². The summed E-state index contributed by atoms with van der Waals surface area (Å²) in [4.78, 5) is 2.39. The van der Waals surface area contributed by atoms with Gasteiger partial charge in [0.1, 0.15) is 0 Å². The number of hydrogen-bond acceptors (Lipinski definition) is 3. The molecule has 106 valence electrons. The second kappa shape index (κ2) is 6.39. The van der Waals surface area contributed by atoms with Crippen molar-refractivity contribution in [2.24, 2.45) is 0 Å². The Kier molecular flexibility index (Phi) is 4.56. The van der Waals surface area contributed by atoms with E-state index in [1.807, 2.05) is 0 Å². The van der Waals surface area contributed by atoms with Gasteiger partial charge in [0.15, 0.2) is 0 Å². The Morgan fingerprint density at radius 1 is 1.35 bits per heavy atom. The first-order valence-electron chi connectivity index (χ1n) is 6.94. The molecule has 2 heterocycles. The number of fused-ring (bicyclic) bond motifs is 1. The third kappa shape index (κ3) is 3.31. The van der Waals surface area contributed by atoms with E-state index in [4.69, 9.17) is 0 Å². The van der Waals surface area contributed by atoms with Crippen LogP contribution in [-0.2, 0) is 26.1 Å². The Morgan fingerprint density at radius 2 is 2.25 bits per heavy atom. The van der Waals surface area contributed by atoms with Gasteiger partial charge in [-0.1, -0.05) is 18.2 Å². The number of nitrogens with zero attached hydrogens (tertiary/aromatic N) is 1. The first kappa shape index (κ1) is 14.3. The minimum Gasteiger partial charge on any atom is -0.312 e. The summed E-state index contributed by atoms with van der Waals surface area (Å²) in [6, 6.07) is 8.94. The van der Waals surface area contributed by atoms with Gasteiger partial charge < -0.3 is 5.32 Å². The van der Waals surface area contributed by atoms with E-state index < -0.39 is 0 Å². The molecular formula is C16H19BrN2S. The van der Waals surface area contributed by atoms with Gasteiger partial charge in [-0.2, -0.15) is 0 Å². The van der Waals surface area contributed by atoms with Crippen molar-refractivity contribution in [1.29, 1.82) is 0 Å². The van der Waals surface area contributed by atoms with Crippen LogP contribution in [0.3, 0.4) is 0 Å². The van der Waals surface area contributed by atoms with Crippen molar-refractivity contribution in [1.82, 2.24) is 10.2 Å². The fourth-order valence-corrected chi connectivity index (χ4v) is 4.05. The molecule has 2 aromatic rings. The number of rotatable bonds is 4. The molecule has 0 radical (unpaired) electrons. The molecule has 0 spiro atoms. The number of halogens is 1. The predicted molar refractivity (Wildman–Crippen MR) is 89.0 cm³/mol. The second-order valence-electron chi connectivity index (χ2n) is 5.41. The minimum atomic E-state index is 1.00. The van der Waals surface area contributed by atoms with Crippen LogP contribution in [0.25, 0.3) is 0 Å². The third-order valence-corrected chi connectivity index (χ3v) is 5.31. The van der Waals surface area contributed by atoms with Crippen LogP contribution in [0.1, 0.15) is 22.3 Å². The van der Waals surface area contributed by atoms with E-state index in [-0.39, 0.29) is 0 Å². The fourth-order valence-electron chi connectivity index (χ4n) is 2.85. The first-order valence-corrected chi connectivity index (χ1v) is 8.61. The molecule has 1 aliphatic rings. The molecule has 1 aromatic heterocycles. The lowest BCUT2D eigenvalue weighted by Crippen LogP contribution is -2.26. The van der Waals surface area contributed by atoms with Gasteiger partial charge in [0.25, 0.3) is 0 Å². The van der Waals surface area contributed by atoms with E-state index in [0.29, 0.717) is 0 Å². The Balaban J connectivity index is 1.71. The van der Waals surface area contributed by atoms with Crippen LogP contribution < -0.4 is 5.32 Å². The second-order valence-corrected chi connectivity index (χ2v) is 7.70. The molecule has 0 unspecified atom stereocenters. The monoisotopic (exact) mass is 350 g/mol. The molecule has 0 fully saturated rings. The molecule has 0 amide bonds. The summed E-state index contributed by atoms with van der Waals surface area (Å²) in [5.41, 5.74) is 5.90. The highest BCUT2D eigenvalue weighted by atomic mass is 79.9. The lowest BCUT2D eigenvalue weighted by molar-refractivity contribution is 0.318. The number of hydrogen-bond donors (Lipinski definition) is 1. The maximum Gasteiger partial charge on any atom is 0.0701 e. The van der Waals surface area contributed by atoms with Crippen LogP contribution in [0.15, 0.2) is 33.4 Å². The Morgan fingerprint density at radius 3 is 3.05 bits per heavy atom. The number of thiophene rings is 1. The summed E-state index contributed by atoms with van der Waals surface area (Å²) in [5, 5.41) is 5.67. The zero-order valence-electron chi connectivity index (χ0n) is 11.7. The maximum atomic E-state index is 3.53. The molecule has 1 aromatic carbocycles. The van der Waals surface area contributed by atoms with E-state index in [2.05, 4.69) is 62.8 Å². The van der Waals surface area contributed by atoms with Gasteiger partial charge in [0, 0.05) is 19.6 Å². The topological polar surface area (TPSA) is 15.3 Å². The smallest absolute Gasteiger partial charge is 0.0701 e. The largest absolute Gasteiger partial charge is 0.312 e. The molecular weight excluding hydrogens is 332 g/mol. The minimum absolute atomic E-state index is 1.00. The average Bonchev–Trinajstić information content (AvgIpc) is 2.84. The Bertz CT molecular complexity index is 594. The normalized spacial score (nSPS) is 14.6. The van der Waals surface area contributed by atoms with Gasteiger partial charge in [-0.15, -0.1) is 11.3 Å². The SMILES string of the molecule is CN(Cc1csc(Br)c1)Cc1cccc2c1CCNC2. The van der Waals surface area contributed by atoms with Crippen LogP contribution in [0.2, 0.25) is 0 Å². The molecule has 0 bridgehead atoms. The number of nitrogens with one attached hydrogen (secondary N) is 1. The van der Waals surface area contributed by atoms with Gasteiger partial charge in [-0.05, 0) is 69.6 Å². The summed E-state index contributed by atoms with van der Waals surface area (Å²) in [5.74, 6) is 0. The highest BCUT2D eigenvalue weighted by molar-refractivity contribution is 9.11. The van der Waals surface area contributed by atoms with E-state index in [9.17, 15) is 0 Å². The summed E-state index contributed by atoms with van der Waals surface area (Å²) >= 11 is 5.29. The number of benzene rings is 1. The molecule has 3 rings (SSSR count). The quantitative estimate of drug-likeness (QED) is 0.902. The van der Waals surface area contributed by atoms with Crippen molar-refractivity contribution < 1.29 is 0 Å². The van der Waals surface area contributed by atoms with Crippen molar-refractivity contribution in [2.45, 2.75) is 26.1 Å². The lowest BCUT2D eigenvalue weighted by Gasteiger charge is -2.23.